The van der Waals surface area contributed by atoms with Gasteiger partial charge in [-0.2, -0.15) is 13.2 Å². The standard InChI is InChI=1S/C14H17F5N2OS.ClH/c15-13(16,9-22)12(21-7-5-20-6-8-21)10-1-3-11(4-2-10)23-14(17,18)19;/h1-4,12,20,22H,5-9H2;1H/t12-;/m1./s1. The van der Waals surface area contributed by atoms with Crippen molar-refractivity contribution in [2.24, 2.45) is 0 Å². The Morgan fingerprint density at radius 3 is 2.08 bits per heavy atom. The van der Waals surface area contributed by atoms with Crippen LogP contribution >= 0.6 is 24.2 Å². The van der Waals surface area contributed by atoms with Crippen LogP contribution in [0.25, 0.3) is 0 Å². The molecule has 2 rings (SSSR count). The summed E-state index contributed by atoms with van der Waals surface area (Å²) >= 11 is -0.290. The van der Waals surface area contributed by atoms with Crippen molar-refractivity contribution in [3.63, 3.8) is 0 Å². The molecule has 0 aliphatic carbocycles. The third kappa shape index (κ3) is 5.73. The highest BCUT2D eigenvalue weighted by Gasteiger charge is 2.44. The maximum Gasteiger partial charge on any atom is 0.446 e. The molecule has 2 N–H and O–H groups in total. The smallest absolute Gasteiger partial charge is 0.390 e. The lowest BCUT2D eigenvalue weighted by atomic mass is 9.98. The van der Waals surface area contributed by atoms with Crippen molar-refractivity contribution in [3.8, 4) is 0 Å². The summed E-state index contributed by atoms with van der Waals surface area (Å²) in [5.74, 6) is -3.38. The first kappa shape index (κ1) is 21.4. The fraction of sp³-hybridized carbons (Fsp3) is 0.571. The van der Waals surface area contributed by atoms with Crippen molar-refractivity contribution in [2.45, 2.75) is 22.4 Å². The molecular formula is C14H18ClF5N2OS. The number of halogens is 6. The lowest BCUT2D eigenvalue weighted by Gasteiger charge is -2.38. The summed E-state index contributed by atoms with van der Waals surface area (Å²) in [6, 6.07) is 3.53. The van der Waals surface area contributed by atoms with Crippen LogP contribution in [0.3, 0.4) is 0 Å². The summed E-state index contributed by atoms with van der Waals surface area (Å²) in [4.78, 5) is 1.48. The zero-order valence-corrected chi connectivity index (χ0v) is 14.2. The van der Waals surface area contributed by atoms with Crippen LogP contribution in [0, 0.1) is 0 Å². The molecule has 24 heavy (non-hydrogen) atoms. The number of benzene rings is 1. The van der Waals surface area contributed by atoms with Gasteiger partial charge in [-0.25, -0.2) is 8.78 Å². The summed E-state index contributed by atoms with van der Waals surface area (Å²) in [5, 5.41) is 12.1. The quantitative estimate of drug-likeness (QED) is 0.595. The summed E-state index contributed by atoms with van der Waals surface area (Å²) in [5.41, 5.74) is -4.23. The van der Waals surface area contributed by atoms with Gasteiger partial charge >= 0.3 is 5.51 Å². The van der Waals surface area contributed by atoms with E-state index in [1.165, 1.54) is 24.3 Å². The van der Waals surface area contributed by atoms with Gasteiger partial charge in [0.1, 0.15) is 12.6 Å². The molecule has 1 aliphatic rings. The third-order valence-electron chi connectivity index (χ3n) is 3.56. The molecule has 3 nitrogen and oxygen atoms in total. The second kappa shape index (κ2) is 8.66. The summed E-state index contributed by atoms with van der Waals surface area (Å²) in [7, 11) is 0. The van der Waals surface area contributed by atoms with Crippen molar-refractivity contribution in [1.29, 1.82) is 0 Å². The topological polar surface area (TPSA) is 35.5 Å². The average molecular weight is 393 g/mol. The van der Waals surface area contributed by atoms with Gasteiger partial charge in [-0.1, -0.05) is 12.1 Å². The molecule has 0 saturated carbocycles. The lowest BCUT2D eigenvalue weighted by Crippen LogP contribution is -2.51. The Morgan fingerprint density at radius 2 is 1.62 bits per heavy atom. The van der Waals surface area contributed by atoms with Gasteiger partial charge in [-0.15, -0.1) is 12.4 Å². The molecule has 1 aromatic rings. The van der Waals surface area contributed by atoms with Gasteiger partial charge in [0.05, 0.1) is 0 Å². The number of nitrogens with one attached hydrogen (secondary N) is 1. The fourth-order valence-corrected chi connectivity index (χ4v) is 3.14. The minimum absolute atomic E-state index is 0. The van der Waals surface area contributed by atoms with E-state index in [-0.39, 0.29) is 34.6 Å². The SMILES string of the molecule is Cl.OCC(F)(F)[C@@H](c1ccc(SC(F)(F)F)cc1)N1CCNCC1. The molecule has 1 aliphatic heterocycles. The van der Waals surface area contributed by atoms with Gasteiger partial charge in [0, 0.05) is 31.1 Å². The number of thioether (sulfide) groups is 1. The number of alkyl halides is 5. The summed E-state index contributed by atoms with van der Waals surface area (Å²) in [6.45, 7) is 0.513. The zero-order valence-electron chi connectivity index (χ0n) is 12.5. The number of aliphatic hydroxyl groups is 1. The predicted octanol–water partition coefficient (Wildman–Crippen LogP) is 3.29. The first-order valence-corrected chi connectivity index (χ1v) is 7.84. The number of piperazine rings is 1. The van der Waals surface area contributed by atoms with Crippen molar-refractivity contribution in [2.75, 3.05) is 32.8 Å². The summed E-state index contributed by atoms with van der Waals surface area (Å²) < 4.78 is 65.3. The van der Waals surface area contributed by atoms with Crippen molar-refractivity contribution >= 4 is 24.2 Å². The Labute approximate surface area is 147 Å². The minimum atomic E-state index is -4.42. The fourth-order valence-electron chi connectivity index (χ4n) is 2.60. The Bertz CT molecular complexity index is 509. The second-order valence-corrected chi connectivity index (χ2v) is 6.36. The average Bonchev–Trinajstić information content (AvgIpc) is 2.49. The largest absolute Gasteiger partial charge is 0.446 e. The van der Waals surface area contributed by atoms with Crippen LogP contribution in [0.5, 0.6) is 0 Å². The van der Waals surface area contributed by atoms with Gasteiger partial charge < -0.3 is 10.4 Å². The minimum Gasteiger partial charge on any atom is -0.390 e. The molecule has 1 saturated heterocycles. The number of rotatable bonds is 5. The van der Waals surface area contributed by atoms with E-state index in [0.29, 0.717) is 26.2 Å². The maximum atomic E-state index is 14.2. The van der Waals surface area contributed by atoms with Crippen LogP contribution in [0.1, 0.15) is 11.6 Å². The molecule has 0 aromatic heterocycles. The molecule has 1 heterocycles. The van der Waals surface area contributed by atoms with Crippen LogP contribution in [0.4, 0.5) is 22.0 Å². The summed E-state index contributed by atoms with van der Waals surface area (Å²) in [6.07, 6.45) is 0. The highest BCUT2D eigenvalue weighted by molar-refractivity contribution is 8.00. The molecule has 1 atom stereocenters. The van der Waals surface area contributed by atoms with E-state index < -0.39 is 24.1 Å². The van der Waals surface area contributed by atoms with Crippen molar-refractivity contribution < 1.29 is 27.1 Å². The first-order valence-electron chi connectivity index (χ1n) is 7.02. The Kier molecular flexibility index (Phi) is 7.74. The van der Waals surface area contributed by atoms with E-state index in [4.69, 9.17) is 5.11 Å². The molecule has 0 bridgehead atoms. The van der Waals surface area contributed by atoms with Gasteiger partial charge in [-0.05, 0) is 29.5 Å². The van der Waals surface area contributed by atoms with Crippen LogP contribution in [-0.4, -0.2) is 54.2 Å². The van der Waals surface area contributed by atoms with E-state index in [1.54, 1.807) is 4.90 Å². The predicted molar refractivity (Wildman–Crippen MR) is 84.8 cm³/mol. The Balaban J connectivity index is 0.00000288. The number of hydrogen-bond acceptors (Lipinski definition) is 4. The van der Waals surface area contributed by atoms with Crippen LogP contribution in [-0.2, 0) is 0 Å². The highest BCUT2D eigenvalue weighted by atomic mass is 35.5. The molecular weight excluding hydrogens is 375 g/mol. The first-order chi connectivity index (χ1) is 10.7. The van der Waals surface area contributed by atoms with Crippen LogP contribution in [0.2, 0.25) is 0 Å². The lowest BCUT2D eigenvalue weighted by molar-refractivity contribution is -0.118. The van der Waals surface area contributed by atoms with E-state index >= 15 is 0 Å². The number of nitrogens with zero attached hydrogens (tertiary/aromatic N) is 1. The Hall–Kier alpha value is -0.610. The Morgan fingerprint density at radius 1 is 1.08 bits per heavy atom. The molecule has 0 amide bonds. The van der Waals surface area contributed by atoms with Crippen molar-refractivity contribution in [3.05, 3.63) is 29.8 Å². The molecule has 138 valence electrons. The van der Waals surface area contributed by atoms with Crippen LogP contribution < -0.4 is 5.32 Å². The van der Waals surface area contributed by atoms with E-state index in [9.17, 15) is 22.0 Å². The zero-order chi connectivity index (χ0) is 17.1. The molecule has 0 radical (unpaired) electrons. The van der Waals surface area contributed by atoms with Crippen molar-refractivity contribution in [1.82, 2.24) is 10.2 Å². The maximum absolute atomic E-state index is 14.2. The van der Waals surface area contributed by atoms with Gasteiger partial charge in [0.2, 0.25) is 0 Å². The highest BCUT2D eigenvalue weighted by Crippen LogP contribution is 2.40. The molecule has 1 aromatic carbocycles. The second-order valence-electron chi connectivity index (χ2n) is 5.22. The molecule has 0 unspecified atom stereocenters. The van der Waals surface area contributed by atoms with E-state index in [0.717, 1.165) is 0 Å². The van der Waals surface area contributed by atoms with Gasteiger partial charge in [0.15, 0.2) is 0 Å². The molecule has 1 fully saturated rings. The van der Waals surface area contributed by atoms with E-state index in [1.807, 2.05) is 0 Å². The van der Waals surface area contributed by atoms with Crippen LogP contribution in [0.15, 0.2) is 29.2 Å². The van der Waals surface area contributed by atoms with Gasteiger partial charge in [0.25, 0.3) is 5.92 Å². The number of hydrogen-bond donors (Lipinski definition) is 2. The number of aliphatic hydroxyl groups excluding tert-OH is 1. The monoisotopic (exact) mass is 392 g/mol. The normalized spacial score (nSPS) is 18.1. The molecule has 0 spiro atoms. The van der Waals surface area contributed by atoms with Gasteiger partial charge in [-0.3, -0.25) is 4.90 Å². The van der Waals surface area contributed by atoms with E-state index in [2.05, 4.69) is 5.32 Å². The third-order valence-corrected chi connectivity index (χ3v) is 4.30. The molecule has 10 heteroatoms.